The quantitative estimate of drug-likeness (QED) is 0.197. The lowest BCUT2D eigenvalue weighted by molar-refractivity contribution is -0.117. The minimum absolute atomic E-state index is 0.00856. The summed E-state index contributed by atoms with van der Waals surface area (Å²) in [6.07, 6.45) is 5.40. The summed E-state index contributed by atoms with van der Waals surface area (Å²) in [5.41, 5.74) is 1.94. The van der Waals surface area contributed by atoms with Crippen molar-refractivity contribution in [3.05, 3.63) is 87.6 Å². The molecule has 262 valence electrons. The summed E-state index contributed by atoms with van der Waals surface area (Å²) >= 11 is 6.26. The van der Waals surface area contributed by atoms with Crippen molar-refractivity contribution < 1.29 is 23.9 Å². The van der Waals surface area contributed by atoms with E-state index < -0.39 is 29.2 Å². The highest BCUT2D eigenvalue weighted by molar-refractivity contribution is 6.30. The largest absolute Gasteiger partial charge is 0.453 e. The molecule has 1 aliphatic heterocycles. The van der Waals surface area contributed by atoms with Gasteiger partial charge in [0.15, 0.2) is 0 Å². The predicted octanol–water partition coefficient (Wildman–Crippen LogP) is 5.15. The standard InChI is InChI=1S/C34H38ClN9O6/c1-34(2,3)50-33(48)43-15-5-6-21(19-43)16-27(38-30(45)14-9-23-17-24(35)10-13-29(23)44-20-36-41-42-44)28-18-26(31(46)40-39-28)22-7-11-25(12-8-22)37-32(47)49-4/h7-14,17-18,20-21,27H,5-6,15-16,19H2,1-4H3,(H,37,47)(H,38,45)(H,40,46)/b14-9+. The Hall–Kier alpha value is -5.57. The van der Waals surface area contributed by atoms with Crippen molar-refractivity contribution >= 4 is 41.5 Å². The van der Waals surface area contributed by atoms with Crippen LogP contribution in [0, 0.1) is 5.92 Å². The molecule has 4 aromatic rings. The van der Waals surface area contributed by atoms with Gasteiger partial charge in [0.2, 0.25) is 5.91 Å². The van der Waals surface area contributed by atoms with Crippen LogP contribution in [0.3, 0.4) is 0 Å². The Kier molecular flexibility index (Phi) is 11.3. The number of tetrazole rings is 1. The summed E-state index contributed by atoms with van der Waals surface area (Å²) in [5, 5.41) is 24.3. The minimum atomic E-state index is -0.648. The number of halogens is 1. The van der Waals surface area contributed by atoms with E-state index in [1.54, 1.807) is 59.5 Å². The number of anilines is 1. The van der Waals surface area contributed by atoms with Gasteiger partial charge in [-0.05, 0) is 104 Å². The number of hydrogen-bond donors (Lipinski definition) is 3. The number of methoxy groups -OCH3 is 1. The van der Waals surface area contributed by atoms with Crippen LogP contribution < -0.4 is 16.2 Å². The number of nitrogens with zero attached hydrogens (tertiary/aromatic N) is 6. The molecule has 5 rings (SSSR count). The van der Waals surface area contributed by atoms with Crippen LogP contribution in [0.4, 0.5) is 15.3 Å². The number of benzene rings is 2. The van der Waals surface area contributed by atoms with Crippen molar-refractivity contribution in [1.29, 1.82) is 0 Å². The first-order valence-electron chi connectivity index (χ1n) is 15.9. The second-order valence-corrected chi connectivity index (χ2v) is 13.2. The number of carbonyl (C=O) groups excluding carboxylic acids is 3. The van der Waals surface area contributed by atoms with E-state index in [0.717, 1.165) is 12.8 Å². The highest BCUT2D eigenvalue weighted by Crippen LogP contribution is 2.29. The molecule has 0 aliphatic carbocycles. The number of aromatic amines is 1. The van der Waals surface area contributed by atoms with Crippen molar-refractivity contribution in [2.75, 3.05) is 25.5 Å². The second-order valence-electron chi connectivity index (χ2n) is 12.8. The van der Waals surface area contributed by atoms with Gasteiger partial charge in [-0.15, -0.1) is 5.10 Å². The van der Waals surface area contributed by atoms with E-state index in [1.807, 2.05) is 20.8 Å². The van der Waals surface area contributed by atoms with Crippen molar-refractivity contribution in [1.82, 2.24) is 40.6 Å². The Morgan fingerprint density at radius 2 is 1.92 bits per heavy atom. The molecule has 2 atom stereocenters. The number of H-pyrrole nitrogens is 1. The molecule has 1 fully saturated rings. The maximum absolute atomic E-state index is 13.5. The number of likely N-dealkylation sites (tertiary alicyclic amines) is 1. The van der Waals surface area contributed by atoms with Gasteiger partial charge in [0.25, 0.3) is 5.56 Å². The molecular formula is C34H38ClN9O6. The molecule has 1 saturated heterocycles. The normalized spacial score (nSPS) is 15.4. The Labute approximate surface area is 293 Å². The highest BCUT2D eigenvalue weighted by Gasteiger charge is 2.30. The number of nitrogens with one attached hydrogen (secondary N) is 3. The van der Waals surface area contributed by atoms with Crippen LogP contribution in [0.25, 0.3) is 22.9 Å². The van der Waals surface area contributed by atoms with Gasteiger partial charge in [0.1, 0.15) is 11.9 Å². The number of ether oxygens (including phenoxy) is 2. The summed E-state index contributed by atoms with van der Waals surface area (Å²) < 4.78 is 11.7. The Bertz CT molecular complexity index is 1910. The number of aromatic nitrogens is 6. The average Bonchev–Trinajstić information content (AvgIpc) is 3.62. The minimum Gasteiger partial charge on any atom is -0.453 e. The first-order valence-corrected chi connectivity index (χ1v) is 16.3. The topological polar surface area (TPSA) is 186 Å². The SMILES string of the molecule is COC(=O)Nc1ccc(-c2cc(C(CC3CCCN(C(=O)OC(C)(C)C)C3)NC(=O)/C=C/c3cc(Cl)ccc3-n3cnnn3)n[nH]c2=O)cc1. The molecule has 2 aromatic heterocycles. The lowest BCUT2D eigenvalue weighted by atomic mass is 9.89. The summed E-state index contributed by atoms with van der Waals surface area (Å²) in [7, 11) is 1.26. The molecule has 3 amide bonds. The van der Waals surface area contributed by atoms with E-state index in [9.17, 15) is 19.2 Å². The van der Waals surface area contributed by atoms with Gasteiger partial charge < -0.3 is 19.7 Å². The van der Waals surface area contributed by atoms with E-state index in [1.165, 1.54) is 24.2 Å². The van der Waals surface area contributed by atoms with Crippen molar-refractivity contribution in [3.63, 3.8) is 0 Å². The number of hydrogen-bond acceptors (Lipinski definition) is 10. The maximum atomic E-state index is 13.5. The number of amides is 3. The van der Waals surface area contributed by atoms with E-state index in [2.05, 4.69) is 41.1 Å². The zero-order valence-corrected chi connectivity index (χ0v) is 28.8. The zero-order valence-electron chi connectivity index (χ0n) is 28.1. The van der Waals surface area contributed by atoms with Gasteiger partial charge in [-0.2, -0.15) is 9.78 Å². The Morgan fingerprint density at radius 3 is 2.62 bits per heavy atom. The van der Waals surface area contributed by atoms with Crippen LogP contribution in [0.5, 0.6) is 0 Å². The summed E-state index contributed by atoms with van der Waals surface area (Å²) in [4.78, 5) is 52.7. The fourth-order valence-corrected chi connectivity index (χ4v) is 5.76. The second kappa shape index (κ2) is 15.8. The molecule has 0 saturated carbocycles. The number of carbonyl (C=O) groups is 3. The zero-order chi connectivity index (χ0) is 35.8. The third kappa shape index (κ3) is 9.53. The third-order valence-electron chi connectivity index (χ3n) is 7.86. The van der Waals surface area contributed by atoms with Gasteiger partial charge in [-0.1, -0.05) is 23.7 Å². The molecule has 2 unspecified atom stereocenters. The molecule has 1 aliphatic rings. The number of rotatable bonds is 9. The van der Waals surface area contributed by atoms with Gasteiger partial charge in [0, 0.05) is 35.4 Å². The molecule has 16 heteroatoms. The van der Waals surface area contributed by atoms with Crippen LogP contribution in [0.2, 0.25) is 5.02 Å². The fourth-order valence-electron chi connectivity index (χ4n) is 5.58. The lowest BCUT2D eigenvalue weighted by Crippen LogP contribution is -2.43. The van der Waals surface area contributed by atoms with Crippen LogP contribution in [-0.2, 0) is 14.3 Å². The van der Waals surface area contributed by atoms with Gasteiger partial charge in [-0.3, -0.25) is 14.9 Å². The Balaban J connectivity index is 1.42. The predicted molar refractivity (Wildman–Crippen MR) is 186 cm³/mol. The lowest BCUT2D eigenvalue weighted by Gasteiger charge is -2.35. The summed E-state index contributed by atoms with van der Waals surface area (Å²) in [5.74, 6) is -0.434. The molecule has 15 nitrogen and oxygen atoms in total. The molecule has 2 aromatic carbocycles. The van der Waals surface area contributed by atoms with Gasteiger partial charge >= 0.3 is 12.2 Å². The molecule has 0 bridgehead atoms. The monoisotopic (exact) mass is 703 g/mol. The highest BCUT2D eigenvalue weighted by atomic mass is 35.5. The Morgan fingerprint density at radius 1 is 1.14 bits per heavy atom. The molecular weight excluding hydrogens is 666 g/mol. The average molecular weight is 704 g/mol. The van der Waals surface area contributed by atoms with Crippen LogP contribution in [-0.4, -0.2) is 79.2 Å². The molecule has 3 heterocycles. The molecule has 50 heavy (non-hydrogen) atoms. The van der Waals surface area contributed by atoms with E-state index in [0.29, 0.717) is 58.3 Å². The van der Waals surface area contributed by atoms with Gasteiger partial charge in [-0.25, -0.2) is 14.7 Å². The first-order chi connectivity index (χ1) is 23.9. The fraction of sp³-hybridized carbons (Fsp3) is 0.353. The van der Waals surface area contributed by atoms with E-state index >= 15 is 0 Å². The summed E-state index contributed by atoms with van der Waals surface area (Å²) in [6.45, 7) is 6.46. The first kappa shape index (κ1) is 35.7. The van der Waals surface area contributed by atoms with Gasteiger partial charge in [0.05, 0.1) is 30.1 Å². The van der Waals surface area contributed by atoms with Crippen molar-refractivity contribution in [2.45, 2.75) is 51.7 Å². The third-order valence-corrected chi connectivity index (χ3v) is 8.10. The van der Waals surface area contributed by atoms with Crippen molar-refractivity contribution in [3.8, 4) is 16.8 Å². The molecule has 0 spiro atoms. The maximum Gasteiger partial charge on any atom is 0.411 e. The smallest absolute Gasteiger partial charge is 0.411 e. The van der Waals surface area contributed by atoms with E-state index in [-0.39, 0.29) is 12.0 Å². The van der Waals surface area contributed by atoms with Crippen molar-refractivity contribution in [2.24, 2.45) is 5.92 Å². The van der Waals surface area contributed by atoms with E-state index in [4.69, 9.17) is 16.3 Å². The van der Waals surface area contributed by atoms with Crippen LogP contribution in [0.15, 0.2) is 65.7 Å². The van der Waals surface area contributed by atoms with Crippen LogP contribution >= 0.6 is 11.6 Å². The molecule has 3 N–H and O–H groups in total. The molecule has 0 radical (unpaired) electrons. The number of piperidine rings is 1. The van der Waals surface area contributed by atoms with Crippen LogP contribution in [0.1, 0.15) is 57.3 Å². The summed E-state index contributed by atoms with van der Waals surface area (Å²) in [6, 6.07) is 12.8.